The molecule has 7 heteroatoms. The summed E-state index contributed by atoms with van der Waals surface area (Å²) in [6.45, 7) is 16.5. The van der Waals surface area contributed by atoms with Crippen LogP contribution < -0.4 is 10.7 Å². The summed E-state index contributed by atoms with van der Waals surface area (Å²) in [5.41, 5.74) is 12.1. The number of nitrogens with zero attached hydrogens (tertiary/aromatic N) is 2. The van der Waals surface area contributed by atoms with Crippen LogP contribution in [0, 0.1) is 26.2 Å². The van der Waals surface area contributed by atoms with E-state index in [0.717, 1.165) is 80.8 Å². The number of hydrogen-bond donors (Lipinski definition) is 3. The number of hydrogen-bond acceptors (Lipinski definition) is 5. The molecule has 1 aliphatic rings. The highest BCUT2D eigenvalue weighted by molar-refractivity contribution is 6.49. The molecule has 4 heterocycles. The molecule has 4 rings (SSSR count). The van der Waals surface area contributed by atoms with Crippen molar-refractivity contribution in [3.8, 4) is 0 Å². The van der Waals surface area contributed by atoms with Crippen molar-refractivity contribution in [1.82, 2.24) is 15.1 Å². The summed E-state index contributed by atoms with van der Waals surface area (Å²) in [6.07, 6.45) is 10.6. The summed E-state index contributed by atoms with van der Waals surface area (Å²) < 4.78 is 5.31. The molecule has 3 N–H and O–H groups in total. The lowest BCUT2D eigenvalue weighted by molar-refractivity contribution is -0.112. The fourth-order valence-corrected chi connectivity index (χ4v) is 5.46. The summed E-state index contributed by atoms with van der Waals surface area (Å²) in [7, 11) is 0. The maximum Gasteiger partial charge on any atom is 0.180 e. The van der Waals surface area contributed by atoms with Crippen LogP contribution in [-0.4, -0.2) is 32.3 Å². The van der Waals surface area contributed by atoms with Gasteiger partial charge in [-0.05, 0) is 98.6 Å². The second-order valence-electron chi connectivity index (χ2n) is 10.0. The van der Waals surface area contributed by atoms with Crippen molar-refractivity contribution in [1.29, 1.82) is 5.41 Å². The number of allylic oxidation sites excluding steroid dienone is 2. The van der Waals surface area contributed by atoms with Gasteiger partial charge in [0.05, 0.1) is 28.9 Å². The lowest BCUT2D eigenvalue weighted by atomic mass is 9.99. The molecule has 39 heavy (non-hydrogen) atoms. The van der Waals surface area contributed by atoms with Crippen LogP contribution in [0.25, 0.3) is 18.2 Å². The Balaban J connectivity index is 1.83. The maximum atomic E-state index is 12.0. The van der Waals surface area contributed by atoms with E-state index in [1.165, 1.54) is 16.7 Å². The minimum atomic E-state index is -0.159. The van der Waals surface area contributed by atoms with Crippen molar-refractivity contribution in [2.75, 3.05) is 0 Å². The van der Waals surface area contributed by atoms with E-state index in [2.05, 4.69) is 68.8 Å². The number of aliphatic imine (C=N–C) groups is 1. The van der Waals surface area contributed by atoms with Crippen LogP contribution in [0.15, 0.2) is 32.6 Å². The third kappa shape index (κ3) is 5.18. The second-order valence-corrected chi connectivity index (χ2v) is 10.0. The van der Waals surface area contributed by atoms with E-state index in [-0.39, 0.29) is 11.5 Å². The SMILES string of the molecule is CCC(=O)C(=N)/C=c1\[nH]/c(=C/c2[nH]c(C=C3N=C(c4cnoc4C)C(C)=C3CC)c(CC)c2C)c(C)c1CC. The average molecular weight is 526 g/mol. The molecule has 0 saturated heterocycles. The molecular weight excluding hydrogens is 486 g/mol. The first-order chi connectivity index (χ1) is 18.6. The second kappa shape index (κ2) is 11.4. The predicted molar refractivity (Wildman–Crippen MR) is 159 cm³/mol. The summed E-state index contributed by atoms with van der Waals surface area (Å²) in [6, 6.07) is 0. The number of ketones is 1. The number of aromatic amines is 2. The first-order valence-corrected chi connectivity index (χ1v) is 13.8. The summed E-state index contributed by atoms with van der Waals surface area (Å²) >= 11 is 0. The van der Waals surface area contributed by atoms with E-state index < -0.39 is 0 Å². The Labute approximate surface area is 230 Å². The molecule has 0 saturated carbocycles. The molecule has 204 valence electrons. The van der Waals surface area contributed by atoms with Gasteiger partial charge < -0.3 is 14.5 Å². The van der Waals surface area contributed by atoms with E-state index in [9.17, 15) is 4.79 Å². The summed E-state index contributed by atoms with van der Waals surface area (Å²) in [5.74, 6) is 0.609. The highest BCUT2D eigenvalue weighted by Crippen LogP contribution is 2.33. The van der Waals surface area contributed by atoms with Crippen LogP contribution >= 0.6 is 0 Å². The largest absolute Gasteiger partial charge is 0.361 e. The van der Waals surface area contributed by atoms with Gasteiger partial charge in [-0.15, -0.1) is 0 Å². The van der Waals surface area contributed by atoms with Gasteiger partial charge in [0.25, 0.3) is 0 Å². The van der Waals surface area contributed by atoms with E-state index in [1.807, 2.05) is 6.92 Å². The maximum absolute atomic E-state index is 12.0. The van der Waals surface area contributed by atoms with Crippen molar-refractivity contribution in [2.45, 2.75) is 81.1 Å². The van der Waals surface area contributed by atoms with Gasteiger partial charge in [-0.25, -0.2) is 4.99 Å². The molecule has 0 amide bonds. The van der Waals surface area contributed by atoms with Gasteiger partial charge in [0, 0.05) is 28.5 Å². The van der Waals surface area contributed by atoms with E-state index >= 15 is 0 Å². The molecule has 0 spiro atoms. The van der Waals surface area contributed by atoms with E-state index in [4.69, 9.17) is 14.9 Å². The van der Waals surface area contributed by atoms with Gasteiger partial charge in [-0.2, -0.15) is 0 Å². The molecule has 0 aliphatic carbocycles. The van der Waals surface area contributed by atoms with Crippen LogP contribution in [0.2, 0.25) is 0 Å². The Bertz CT molecular complexity index is 1670. The van der Waals surface area contributed by atoms with Gasteiger partial charge >= 0.3 is 0 Å². The highest BCUT2D eigenvalue weighted by atomic mass is 16.5. The molecule has 0 bridgehead atoms. The summed E-state index contributed by atoms with van der Waals surface area (Å²) in [5, 5.41) is 13.9. The first kappa shape index (κ1) is 28.0. The fourth-order valence-electron chi connectivity index (χ4n) is 5.46. The first-order valence-electron chi connectivity index (χ1n) is 13.8. The minimum Gasteiger partial charge on any atom is -0.361 e. The van der Waals surface area contributed by atoms with Gasteiger partial charge in [-0.3, -0.25) is 10.2 Å². The predicted octanol–water partition coefficient (Wildman–Crippen LogP) is 5.56. The molecule has 1 aliphatic heterocycles. The molecule has 7 nitrogen and oxygen atoms in total. The number of aryl methyl sites for hydroxylation is 1. The quantitative estimate of drug-likeness (QED) is 0.318. The molecule has 0 aromatic carbocycles. The van der Waals surface area contributed by atoms with Gasteiger partial charge in [0.15, 0.2) is 5.78 Å². The van der Waals surface area contributed by atoms with Crippen LogP contribution in [0.4, 0.5) is 0 Å². The molecule has 3 aromatic rings. The van der Waals surface area contributed by atoms with E-state index in [0.29, 0.717) is 6.42 Å². The summed E-state index contributed by atoms with van der Waals surface area (Å²) in [4.78, 5) is 24.2. The molecule has 0 atom stereocenters. The standard InChI is InChI=1S/C32H39N5O2/c1-9-21-17(5)26(35-28(21)13-25(33)31(38)12-4)14-27-18(6)22(10-2)29(36-27)15-30-23(11-3)19(7)32(37-30)24-16-34-39-20(24)8/h13-16,33,35-36H,9-12H2,1-8H3/b26-14+,28-13-,30-15?,33-25?. The number of nitrogens with one attached hydrogen (secondary N) is 3. The van der Waals surface area contributed by atoms with Crippen LogP contribution in [-0.2, 0) is 17.6 Å². The lowest BCUT2D eigenvalue weighted by Gasteiger charge is -2.03. The molecule has 0 unspecified atom stereocenters. The van der Waals surface area contributed by atoms with Crippen LogP contribution in [0.1, 0.15) is 92.4 Å². The Kier molecular flexibility index (Phi) is 8.19. The third-order valence-electron chi connectivity index (χ3n) is 7.80. The Morgan fingerprint density at radius 1 is 0.923 bits per heavy atom. The number of H-pyrrole nitrogens is 2. The fraction of sp³-hybridized carbons (Fsp3) is 0.375. The van der Waals surface area contributed by atoms with Crippen molar-refractivity contribution in [3.05, 3.63) is 78.7 Å². The number of rotatable bonds is 9. The van der Waals surface area contributed by atoms with Gasteiger partial charge in [-0.1, -0.05) is 32.9 Å². The monoisotopic (exact) mass is 525 g/mol. The van der Waals surface area contributed by atoms with Gasteiger partial charge in [0.1, 0.15) is 5.76 Å². The number of carbonyl (C=O) groups excluding carboxylic acids is 1. The molecule has 3 aromatic heterocycles. The molecule has 0 radical (unpaired) electrons. The van der Waals surface area contributed by atoms with Crippen molar-refractivity contribution in [3.63, 3.8) is 0 Å². The Hall–Kier alpha value is -4.00. The number of carbonyl (C=O) groups is 1. The zero-order valence-electron chi connectivity index (χ0n) is 24.3. The normalized spacial score (nSPS) is 15.7. The highest BCUT2D eigenvalue weighted by Gasteiger charge is 2.24. The van der Waals surface area contributed by atoms with Crippen molar-refractivity contribution >= 4 is 35.4 Å². The lowest BCUT2D eigenvalue weighted by Crippen LogP contribution is -2.18. The van der Waals surface area contributed by atoms with Crippen LogP contribution in [0.3, 0.4) is 0 Å². The Morgan fingerprint density at radius 3 is 2.23 bits per heavy atom. The number of aromatic nitrogens is 3. The smallest absolute Gasteiger partial charge is 0.180 e. The molecule has 0 fully saturated rings. The topological polar surface area (TPSA) is 111 Å². The van der Waals surface area contributed by atoms with Crippen LogP contribution in [0.5, 0.6) is 0 Å². The minimum absolute atomic E-state index is 0.0335. The van der Waals surface area contributed by atoms with Gasteiger partial charge in [0.2, 0.25) is 0 Å². The zero-order chi connectivity index (χ0) is 28.4. The third-order valence-corrected chi connectivity index (χ3v) is 7.80. The van der Waals surface area contributed by atoms with Crippen molar-refractivity contribution < 1.29 is 9.32 Å². The number of Topliss-reactive ketones (excluding diaryl/α,β-unsaturated/α-hetero) is 1. The van der Waals surface area contributed by atoms with E-state index in [1.54, 1.807) is 19.2 Å². The zero-order valence-corrected chi connectivity index (χ0v) is 24.3. The van der Waals surface area contributed by atoms with Crippen molar-refractivity contribution in [2.24, 2.45) is 4.99 Å². The average Bonchev–Trinajstić information content (AvgIpc) is 3.63. The Morgan fingerprint density at radius 2 is 1.64 bits per heavy atom. The molecular formula is C32H39N5O2.